The zero-order valence-corrected chi connectivity index (χ0v) is 22.1. The molecule has 0 aliphatic carbocycles. The number of rotatable bonds is 5. The minimum Gasteiger partial charge on any atom is -0.327 e. The van der Waals surface area contributed by atoms with Gasteiger partial charge in [0.2, 0.25) is 11.8 Å². The third kappa shape index (κ3) is 4.22. The van der Waals surface area contributed by atoms with Gasteiger partial charge in [-0.25, -0.2) is 18.4 Å². The number of nitrogens with zero attached hydrogens (tertiary/aromatic N) is 5. The first-order valence-corrected chi connectivity index (χ1v) is 15.2. The summed E-state index contributed by atoms with van der Waals surface area (Å²) in [6.45, 7) is 2.98. The van der Waals surface area contributed by atoms with Crippen LogP contribution in [0.15, 0.2) is 30.5 Å². The van der Waals surface area contributed by atoms with Gasteiger partial charge in [-0.2, -0.15) is 0 Å². The molecule has 3 amide bonds. The highest BCUT2D eigenvalue weighted by Gasteiger charge is 2.39. The van der Waals surface area contributed by atoms with Crippen molar-refractivity contribution in [3.8, 4) is 11.4 Å². The molecule has 1 aromatic carbocycles. The molecule has 0 spiro atoms. The van der Waals surface area contributed by atoms with E-state index in [2.05, 4.69) is 10.2 Å². The molecular formula is C27H28N6O5S. The summed E-state index contributed by atoms with van der Waals surface area (Å²) in [6, 6.07) is 6.65. The number of hydrogen-bond acceptors (Lipinski definition) is 8. The van der Waals surface area contributed by atoms with Crippen LogP contribution in [-0.2, 0) is 32.5 Å². The Kier molecular flexibility index (Phi) is 5.60. The third-order valence-electron chi connectivity index (χ3n) is 8.29. The second-order valence-electron chi connectivity index (χ2n) is 10.9. The largest absolute Gasteiger partial charge is 0.327 e. The second-order valence-corrected chi connectivity index (χ2v) is 13.1. The van der Waals surface area contributed by atoms with Crippen molar-refractivity contribution >= 4 is 38.6 Å². The molecular weight excluding hydrogens is 520 g/mol. The Bertz CT molecular complexity index is 1650. The minimum atomic E-state index is -3.01. The van der Waals surface area contributed by atoms with Gasteiger partial charge < -0.3 is 9.47 Å². The lowest BCUT2D eigenvalue weighted by atomic mass is 10.0. The van der Waals surface area contributed by atoms with Crippen molar-refractivity contribution in [1.29, 1.82) is 0 Å². The van der Waals surface area contributed by atoms with E-state index in [1.807, 2.05) is 29.0 Å². The molecule has 6 heterocycles. The van der Waals surface area contributed by atoms with Crippen LogP contribution in [0.3, 0.4) is 0 Å². The van der Waals surface area contributed by atoms with Gasteiger partial charge in [0, 0.05) is 42.2 Å². The number of hydrogen-bond donors (Lipinski definition) is 1. The number of imide groups is 1. The van der Waals surface area contributed by atoms with E-state index < -0.39 is 21.8 Å². The standard InChI is InChI=1S/C27H28N6O5S/c34-23-6-5-22(26(35)29-23)33-12-17-11-16(3-4-19(17)27(33)36)24-28-21(13-31-8-1-2-9-31)20-7-10-32(25(20)30-24)18-14-39(37,38)15-18/h3-4,7,10-11,18,22H,1-2,5-6,8-9,12-15H2,(H,29,34,35). The van der Waals surface area contributed by atoms with Gasteiger partial charge in [-0.3, -0.25) is 24.6 Å². The van der Waals surface area contributed by atoms with Crippen LogP contribution in [-0.4, -0.2) is 81.1 Å². The molecule has 2 aromatic heterocycles. The number of piperidine rings is 1. The summed E-state index contributed by atoms with van der Waals surface area (Å²) in [6.07, 6.45) is 4.74. The first-order chi connectivity index (χ1) is 18.8. The molecule has 0 bridgehead atoms. The maximum absolute atomic E-state index is 13.1. The molecule has 12 heteroatoms. The van der Waals surface area contributed by atoms with E-state index in [9.17, 15) is 22.8 Å². The number of amides is 3. The van der Waals surface area contributed by atoms with E-state index in [-0.39, 0.29) is 42.3 Å². The molecule has 11 nitrogen and oxygen atoms in total. The first-order valence-electron chi connectivity index (χ1n) is 13.3. The molecule has 3 aromatic rings. The van der Waals surface area contributed by atoms with Crippen LogP contribution in [0.5, 0.6) is 0 Å². The van der Waals surface area contributed by atoms with E-state index in [0.717, 1.165) is 53.8 Å². The summed E-state index contributed by atoms with van der Waals surface area (Å²) < 4.78 is 25.8. The highest BCUT2D eigenvalue weighted by Crippen LogP contribution is 2.33. The normalized spacial score (nSPS) is 23.3. The zero-order chi connectivity index (χ0) is 26.9. The molecule has 0 saturated carbocycles. The van der Waals surface area contributed by atoms with Crippen molar-refractivity contribution in [2.75, 3.05) is 24.6 Å². The lowest BCUT2D eigenvalue weighted by molar-refractivity contribution is -0.136. The van der Waals surface area contributed by atoms with Gasteiger partial charge in [0.15, 0.2) is 15.7 Å². The summed E-state index contributed by atoms with van der Waals surface area (Å²) in [5.41, 5.74) is 3.69. The fourth-order valence-corrected chi connectivity index (χ4v) is 7.60. The third-order valence-corrected chi connectivity index (χ3v) is 10.1. The Hall–Kier alpha value is -3.64. The molecule has 1 unspecified atom stereocenters. The molecule has 3 fully saturated rings. The molecule has 202 valence electrons. The van der Waals surface area contributed by atoms with Crippen LogP contribution in [0, 0.1) is 0 Å². The van der Waals surface area contributed by atoms with Crippen LogP contribution in [0.4, 0.5) is 0 Å². The SMILES string of the molecule is O=C1CCC(N2Cc3cc(-c4nc(CN5CCCC5)c5ccn(C6CS(=O)(=O)C6)c5n4)ccc3C2=O)C(=O)N1. The van der Waals surface area contributed by atoms with Gasteiger partial charge in [-0.15, -0.1) is 0 Å². The first kappa shape index (κ1) is 24.4. The van der Waals surface area contributed by atoms with Gasteiger partial charge in [0.25, 0.3) is 5.91 Å². The minimum absolute atomic E-state index is 0.106. The molecule has 3 saturated heterocycles. The van der Waals surface area contributed by atoms with Gasteiger partial charge >= 0.3 is 0 Å². The van der Waals surface area contributed by atoms with Crippen molar-refractivity contribution in [2.24, 2.45) is 0 Å². The van der Waals surface area contributed by atoms with Crippen molar-refractivity contribution in [3.63, 3.8) is 0 Å². The van der Waals surface area contributed by atoms with Gasteiger partial charge in [-0.05, 0) is 56.1 Å². The van der Waals surface area contributed by atoms with E-state index in [1.54, 1.807) is 6.07 Å². The van der Waals surface area contributed by atoms with Gasteiger partial charge in [0.1, 0.15) is 11.7 Å². The van der Waals surface area contributed by atoms with Crippen LogP contribution in [0.25, 0.3) is 22.4 Å². The van der Waals surface area contributed by atoms with Gasteiger partial charge in [-0.1, -0.05) is 6.07 Å². The Morgan fingerprint density at radius 3 is 2.56 bits per heavy atom. The van der Waals surface area contributed by atoms with Crippen LogP contribution >= 0.6 is 0 Å². The summed E-state index contributed by atoms with van der Waals surface area (Å²) in [4.78, 5) is 50.9. The van der Waals surface area contributed by atoms with Crippen LogP contribution in [0.1, 0.15) is 53.3 Å². The predicted molar refractivity (Wildman–Crippen MR) is 141 cm³/mol. The van der Waals surface area contributed by atoms with Gasteiger partial charge in [0.05, 0.1) is 23.2 Å². The number of carbonyl (C=O) groups is 3. The quantitative estimate of drug-likeness (QED) is 0.473. The average Bonchev–Trinajstić information content (AvgIpc) is 3.62. The number of carbonyl (C=O) groups excluding carboxylic acids is 3. The summed E-state index contributed by atoms with van der Waals surface area (Å²) in [5.74, 6) is -0.245. The van der Waals surface area contributed by atoms with Crippen molar-refractivity contribution in [1.82, 2.24) is 29.7 Å². The Morgan fingerprint density at radius 1 is 1.03 bits per heavy atom. The molecule has 1 atom stereocenters. The van der Waals surface area contributed by atoms with Crippen molar-refractivity contribution in [3.05, 3.63) is 47.3 Å². The molecule has 1 N–H and O–H groups in total. The number of likely N-dealkylation sites (tertiary alicyclic amines) is 1. The van der Waals surface area contributed by atoms with E-state index in [4.69, 9.17) is 9.97 Å². The van der Waals surface area contributed by atoms with E-state index in [0.29, 0.717) is 24.4 Å². The fraction of sp³-hybridized carbons (Fsp3) is 0.444. The fourth-order valence-electron chi connectivity index (χ4n) is 6.20. The van der Waals surface area contributed by atoms with Crippen molar-refractivity contribution < 1.29 is 22.8 Å². The molecule has 4 aliphatic rings. The zero-order valence-electron chi connectivity index (χ0n) is 21.3. The Balaban J connectivity index is 1.25. The number of nitrogens with one attached hydrogen (secondary N) is 1. The summed E-state index contributed by atoms with van der Waals surface area (Å²) in [5, 5.41) is 3.26. The summed E-state index contributed by atoms with van der Waals surface area (Å²) >= 11 is 0. The molecule has 39 heavy (non-hydrogen) atoms. The van der Waals surface area contributed by atoms with Crippen molar-refractivity contribution in [2.45, 2.75) is 50.9 Å². The maximum Gasteiger partial charge on any atom is 0.255 e. The van der Waals surface area contributed by atoms with E-state index in [1.165, 1.54) is 4.90 Å². The lowest BCUT2D eigenvalue weighted by Gasteiger charge is -2.29. The monoisotopic (exact) mass is 548 g/mol. The van der Waals surface area contributed by atoms with Crippen LogP contribution < -0.4 is 5.32 Å². The topological polar surface area (TPSA) is 135 Å². The molecule has 7 rings (SSSR count). The number of fused-ring (bicyclic) bond motifs is 2. The highest BCUT2D eigenvalue weighted by molar-refractivity contribution is 7.92. The summed E-state index contributed by atoms with van der Waals surface area (Å²) in [7, 11) is -3.01. The molecule has 0 radical (unpaired) electrons. The number of benzene rings is 1. The Morgan fingerprint density at radius 2 is 1.82 bits per heavy atom. The highest BCUT2D eigenvalue weighted by atomic mass is 32.2. The predicted octanol–water partition coefficient (Wildman–Crippen LogP) is 1.42. The number of sulfone groups is 1. The lowest BCUT2D eigenvalue weighted by Crippen LogP contribution is -2.52. The Labute approximate surface area is 225 Å². The smallest absolute Gasteiger partial charge is 0.255 e. The molecule has 4 aliphatic heterocycles. The maximum atomic E-state index is 13.1. The van der Waals surface area contributed by atoms with Crippen LogP contribution in [0.2, 0.25) is 0 Å². The second kappa shape index (κ2) is 8.95. The number of aromatic nitrogens is 3. The van der Waals surface area contributed by atoms with E-state index >= 15 is 0 Å². The average molecular weight is 549 g/mol.